The van der Waals surface area contributed by atoms with Gasteiger partial charge in [-0.3, -0.25) is 4.79 Å². The number of nitrogens with zero attached hydrogens (tertiary/aromatic N) is 2. The number of hydrogen-bond donors (Lipinski definition) is 1. The number of carbonyl (C=O) groups is 1. The molecule has 4 nitrogen and oxygen atoms in total. The molecule has 0 radical (unpaired) electrons. The topological polar surface area (TPSA) is 49.6 Å². The minimum Gasteiger partial charge on any atom is -0.375 e. The van der Waals surface area contributed by atoms with E-state index in [1.54, 1.807) is 0 Å². The van der Waals surface area contributed by atoms with Crippen molar-refractivity contribution in [3.05, 3.63) is 29.8 Å². The lowest BCUT2D eigenvalue weighted by Gasteiger charge is -2.23. The molecule has 1 aliphatic heterocycles. The molecule has 0 bridgehead atoms. The fourth-order valence-corrected chi connectivity index (χ4v) is 2.87. The van der Waals surface area contributed by atoms with Crippen LogP contribution < -0.4 is 10.6 Å². The number of benzene rings is 1. The van der Waals surface area contributed by atoms with E-state index in [1.807, 2.05) is 29.2 Å². The minimum absolute atomic E-state index is 0.0803. The summed E-state index contributed by atoms with van der Waals surface area (Å²) >= 11 is 0. The van der Waals surface area contributed by atoms with E-state index in [4.69, 9.17) is 5.73 Å². The van der Waals surface area contributed by atoms with Crippen LogP contribution in [0.2, 0.25) is 0 Å². The minimum atomic E-state index is 0.0803. The lowest BCUT2D eigenvalue weighted by Crippen LogP contribution is -2.34. The van der Waals surface area contributed by atoms with Crippen LogP contribution in [-0.4, -0.2) is 44.0 Å². The maximum atomic E-state index is 12.5. The maximum absolute atomic E-state index is 12.5. The van der Waals surface area contributed by atoms with Crippen molar-refractivity contribution >= 4 is 11.6 Å². The molecular weight excluding hydrogens is 262 g/mol. The van der Waals surface area contributed by atoms with Gasteiger partial charge < -0.3 is 15.5 Å². The summed E-state index contributed by atoms with van der Waals surface area (Å²) in [6.07, 6.45) is 2.11. The fraction of sp³-hybridized carbons (Fsp3) is 0.588. The van der Waals surface area contributed by atoms with Crippen molar-refractivity contribution in [2.75, 3.05) is 38.1 Å². The first-order valence-electron chi connectivity index (χ1n) is 7.79. The Labute approximate surface area is 127 Å². The first-order chi connectivity index (χ1) is 9.99. The highest BCUT2D eigenvalue weighted by Gasteiger charge is 2.35. The number of anilines is 1. The summed E-state index contributed by atoms with van der Waals surface area (Å²) in [4.78, 5) is 16.7. The average Bonchev–Trinajstić information content (AvgIpc) is 2.90. The second-order valence-electron chi connectivity index (χ2n) is 6.46. The molecule has 0 aromatic heterocycles. The Balaban J connectivity index is 2.04. The third-order valence-electron chi connectivity index (χ3n) is 4.45. The molecule has 0 aliphatic carbocycles. The van der Waals surface area contributed by atoms with Crippen LogP contribution in [0.3, 0.4) is 0 Å². The summed E-state index contributed by atoms with van der Waals surface area (Å²) in [7, 11) is 2.08. The van der Waals surface area contributed by atoms with Crippen LogP contribution >= 0.6 is 0 Å². The Morgan fingerprint density at radius 2 is 2.05 bits per heavy atom. The van der Waals surface area contributed by atoms with Crippen molar-refractivity contribution in [2.45, 2.75) is 26.7 Å². The molecular formula is C17H27N3O. The molecule has 21 heavy (non-hydrogen) atoms. The highest BCUT2D eigenvalue weighted by atomic mass is 16.2. The van der Waals surface area contributed by atoms with Gasteiger partial charge in [0.15, 0.2) is 0 Å². The first-order valence-corrected chi connectivity index (χ1v) is 7.79. The van der Waals surface area contributed by atoms with Gasteiger partial charge in [0.2, 0.25) is 0 Å². The zero-order valence-corrected chi connectivity index (χ0v) is 13.4. The van der Waals surface area contributed by atoms with Crippen LogP contribution in [0.5, 0.6) is 0 Å². The van der Waals surface area contributed by atoms with Crippen molar-refractivity contribution in [2.24, 2.45) is 11.1 Å². The molecule has 1 aromatic rings. The molecule has 1 aromatic carbocycles. The number of carbonyl (C=O) groups excluding carboxylic acids is 1. The molecule has 1 heterocycles. The van der Waals surface area contributed by atoms with Gasteiger partial charge in [-0.2, -0.15) is 0 Å². The van der Waals surface area contributed by atoms with Gasteiger partial charge in [-0.05, 0) is 49.1 Å². The number of likely N-dealkylation sites (tertiary alicyclic amines) is 1. The van der Waals surface area contributed by atoms with Crippen molar-refractivity contribution in [3.8, 4) is 0 Å². The average molecular weight is 289 g/mol. The molecule has 4 heteroatoms. The normalized spacial score (nSPS) is 21.6. The number of rotatable bonds is 5. The molecule has 0 saturated carbocycles. The molecule has 0 spiro atoms. The molecule has 1 aliphatic rings. The summed E-state index contributed by atoms with van der Waals surface area (Å²) in [5, 5.41) is 0. The predicted molar refractivity (Wildman–Crippen MR) is 87.7 cm³/mol. The molecule has 1 atom stereocenters. The summed E-state index contributed by atoms with van der Waals surface area (Å²) in [5.41, 5.74) is 7.81. The monoisotopic (exact) mass is 289 g/mol. The second kappa shape index (κ2) is 6.48. The van der Waals surface area contributed by atoms with Gasteiger partial charge in [0.05, 0.1) is 0 Å². The third-order valence-corrected chi connectivity index (χ3v) is 4.45. The van der Waals surface area contributed by atoms with E-state index < -0.39 is 0 Å². The van der Waals surface area contributed by atoms with Gasteiger partial charge in [-0.25, -0.2) is 0 Å². The third kappa shape index (κ3) is 3.56. The van der Waals surface area contributed by atoms with E-state index in [9.17, 15) is 4.79 Å². The Morgan fingerprint density at radius 1 is 1.38 bits per heavy atom. The number of hydrogen-bond acceptors (Lipinski definition) is 3. The van der Waals surface area contributed by atoms with Gasteiger partial charge in [-0.15, -0.1) is 0 Å². The number of amides is 1. The molecule has 1 saturated heterocycles. The van der Waals surface area contributed by atoms with Crippen molar-refractivity contribution in [1.29, 1.82) is 0 Å². The Kier molecular flexibility index (Phi) is 4.88. The van der Waals surface area contributed by atoms with Crippen molar-refractivity contribution in [1.82, 2.24) is 4.90 Å². The SMILES string of the molecule is CCCN(C)c1ccc(C(=O)N2CCC(C)(CN)C2)cc1. The van der Waals surface area contributed by atoms with Crippen LogP contribution in [-0.2, 0) is 0 Å². The highest BCUT2D eigenvalue weighted by molar-refractivity contribution is 5.94. The predicted octanol–water partition coefficient (Wildman–Crippen LogP) is 2.34. The zero-order chi connectivity index (χ0) is 15.5. The summed E-state index contributed by atoms with van der Waals surface area (Å²) < 4.78 is 0. The molecule has 116 valence electrons. The van der Waals surface area contributed by atoms with Gasteiger partial charge in [0.1, 0.15) is 0 Å². The molecule has 1 unspecified atom stereocenters. The Bertz CT molecular complexity index is 485. The van der Waals surface area contributed by atoms with E-state index >= 15 is 0 Å². The van der Waals surface area contributed by atoms with Crippen LogP contribution in [0.1, 0.15) is 37.0 Å². The molecule has 1 amide bonds. The standard InChI is InChI=1S/C17H27N3O/c1-4-10-19(3)15-7-5-14(6-8-15)16(21)20-11-9-17(2,12-18)13-20/h5-8H,4,9-13,18H2,1-3H3. The van der Waals surface area contributed by atoms with Gasteiger partial charge in [-0.1, -0.05) is 13.8 Å². The highest BCUT2D eigenvalue weighted by Crippen LogP contribution is 2.29. The molecule has 2 N–H and O–H groups in total. The van der Waals surface area contributed by atoms with E-state index in [0.717, 1.165) is 43.7 Å². The van der Waals surface area contributed by atoms with Crippen molar-refractivity contribution in [3.63, 3.8) is 0 Å². The van der Waals surface area contributed by atoms with E-state index in [-0.39, 0.29) is 11.3 Å². The van der Waals surface area contributed by atoms with Crippen molar-refractivity contribution < 1.29 is 4.79 Å². The fourth-order valence-electron chi connectivity index (χ4n) is 2.87. The largest absolute Gasteiger partial charge is 0.375 e. The van der Waals surface area contributed by atoms with Crippen LogP contribution in [0, 0.1) is 5.41 Å². The van der Waals surface area contributed by atoms with E-state index in [1.165, 1.54) is 0 Å². The van der Waals surface area contributed by atoms with Gasteiger partial charge >= 0.3 is 0 Å². The molecule has 1 fully saturated rings. The quantitative estimate of drug-likeness (QED) is 0.905. The van der Waals surface area contributed by atoms with Crippen LogP contribution in [0.25, 0.3) is 0 Å². The van der Waals surface area contributed by atoms with Gasteiger partial charge in [0, 0.05) is 37.9 Å². The molecule has 2 rings (SSSR count). The second-order valence-corrected chi connectivity index (χ2v) is 6.46. The number of nitrogens with two attached hydrogens (primary N) is 1. The first kappa shape index (κ1) is 15.8. The zero-order valence-electron chi connectivity index (χ0n) is 13.4. The maximum Gasteiger partial charge on any atom is 0.253 e. The summed E-state index contributed by atoms with van der Waals surface area (Å²) in [6, 6.07) is 7.92. The Morgan fingerprint density at radius 3 is 2.57 bits per heavy atom. The van der Waals surface area contributed by atoms with E-state index in [0.29, 0.717) is 6.54 Å². The Hall–Kier alpha value is -1.55. The summed E-state index contributed by atoms with van der Waals surface area (Å²) in [6.45, 7) is 7.55. The lowest BCUT2D eigenvalue weighted by molar-refractivity contribution is 0.0777. The lowest BCUT2D eigenvalue weighted by atomic mass is 9.90. The van der Waals surface area contributed by atoms with Crippen LogP contribution in [0.15, 0.2) is 24.3 Å². The van der Waals surface area contributed by atoms with Gasteiger partial charge in [0.25, 0.3) is 5.91 Å². The summed E-state index contributed by atoms with van der Waals surface area (Å²) in [5.74, 6) is 0.122. The van der Waals surface area contributed by atoms with Crippen LogP contribution in [0.4, 0.5) is 5.69 Å². The van der Waals surface area contributed by atoms with E-state index in [2.05, 4.69) is 25.8 Å². The smallest absolute Gasteiger partial charge is 0.253 e.